The number of para-hydroxylation sites is 1. The van der Waals surface area contributed by atoms with Gasteiger partial charge in [0, 0.05) is 27.8 Å². The molecule has 1 aromatic heterocycles. The molecule has 0 saturated carbocycles. The van der Waals surface area contributed by atoms with Gasteiger partial charge in [0.05, 0.1) is 0 Å². The molecule has 31 heavy (non-hydrogen) atoms. The molecule has 5 aromatic rings. The third kappa shape index (κ3) is 3.45. The zero-order chi connectivity index (χ0) is 21.5. The SMILES string of the molecule is CC(C)c1cc(-c2ccccc2)cc(-c2ccc3c(c2)c2ccccc2n3C(C)C)c1. The fourth-order valence-corrected chi connectivity index (χ4v) is 4.69. The Morgan fingerprint density at radius 3 is 1.87 bits per heavy atom. The van der Waals surface area contributed by atoms with Crippen LogP contribution in [-0.4, -0.2) is 4.57 Å². The molecule has 0 N–H and O–H groups in total. The summed E-state index contributed by atoms with van der Waals surface area (Å²) in [5.74, 6) is 0.481. The van der Waals surface area contributed by atoms with Crippen LogP contribution in [0.5, 0.6) is 0 Å². The van der Waals surface area contributed by atoms with E-state index in [1.807, 2.05) is 0 Å². The average Bonchev–Trinajstić information content (AvgIpc) is 3.13. The predicted octanol–water partition coefficient (Wildman–Crippen LogP) is 8.83. The molecule has 1 nitrogen and oxygen atoms in total. The highest BCUT2D eigenvalue weighted by molar-refractivity contribution is 6.09. The molecule has 0 unspecified atom stereocenters. The highest BCUT2D eigenvalue weighted by Crippen LogP contribution is 2.36. The van der Waals surface area contributed by atoms with Gasteiger partial charge in [-0.05, 0) is 71.8 Å². The van der Waals surface area contributed by atoms with Crippen molar-refractivity contribution >= 4 is 21.8 Å². The van der Waals surface area contributed by atoms with Crippen molar-refractivity contribution in [1.82, 2.24) is 4.57 Å². The maximum Gasteiger partial charge on any atom is 0.0494 e. The molecule has 0 fully saturated rings. The fourth-order valence-electron chi connectivity index (χ4n) is 4.69. The van der Waals surface area contributed by atoms with Gasteiger partial charge in [-0.15, -0.1) is 0 Å². The summed E-state index contributed by atoms with van der Waals surface area (Å²) in [5, 5.41) is 2.66. The van der Waals surface area contributed by atoms with E-state index in [4.69, 9.17) is 0 Å². The van der Waals surface area contributed by atoms with Gasteiger partial charge in [0.25, 0.3) is 0 Å². The van der Waals surface area contributed by atoms with Crippen molar-refractivity contribution in [1.29, 1.82) is 0 Å². The Labute approximate surface area is 185 Å². The molecule has 5 rings (SSSR count). The minimum atomic E-state index is 0.419. The minimum Gasteiger partial charge on any atom is -0.338 e. The summed E-state index contributed by atoms with van der Waals surface area (Å²) in [4.78, 5) is 0. The number of fused-ring (bicyclic) bond motifs is 3. The summed E-state index contributed by atoms with van der Waals surface area (Å²) in [5.41, 5.74) is 9.11. The van der Waals surface area contributed by atoms with E-state index in [0.717, 1.165) is 0 Å². The third-order valence-corrected chi connectivity index (χ3v) is 6.29. The number of hydrogen-bond acceptors (Lipinski definition) is 0. The molecular weight excluding hydrogens is 374 g/mol. The molecule has 0 bridgehead atoms. The Kier molecular flexibility index (Phi) is 4.90. The summed E-state index contributed by atoms with van der Waals surface area (Å²) in [6.45, 7) is 9.07. The lowest BCUT2D eigenvalue weighted by Crippen LogP contribution is -1.99. The second kappa shape index (κ2) is 7.74. The maximum atomic E-state index is 2.45. The molecule has 0 aliphatic heterocycles. The van der Waals surface area contributed by atoms with Gasteiger partial charge >= 0.3 is 0 Å². The van der Waals surface area contributed by atoms with Crippen molar-refractivity contribution in [2.45, 2.75) is 39.7 Å². The molecule has 0 saturated heterocycles. The molecule has 0 aliphatic rings. The maximum absolute atomic E-state index is 2.45. The van der Waals surface area contributed by atoms with Crippen LogP contribution in [0.1, 0.15) is 45.2 Å². The summed E-state index contributed by atoms with van der Waals surface area (Å²) < 4.78 is 2.45. The van der Waals surface area contributed by atoms with E-state index in [2.05, 4.69) is 123 Å². The second-order valence-electron chi connectivity index (χ2n) is 9.08. The molecule has 154 valence electrons. The number of aromatic nitrogens is 1. The van der Waals surface area contributed by atoms with Crippen LogP contribution >= 0.6 is 0 Å². The number of hydrogen-bond donors (Lipinski definition) is 0. The number of rotatable bonds is 4. The van der Waals surface area contributed by atoms with Crippen molar-refractivity contribution in [2.75, 3.05) is 0 Å². The molecule has 1 heteroatoms. The minimum absolute atomic E-state index is 0.419. The Morgan fingerprint density at radius 2 is 1.16 bits per heavy atom. The molecule has 0 aliphatic carbocycles. The highest BCUT2D eigenvalue weighted by atomic mass is 15.0. The summed E-state index contributed by atoms with van der Waals surface area (Å²) in [7, 11) is 0. The van der Waals surface area contributed by atoms with Gasteiger partial charge in [0.2, 0.25) is 0 Å². The fraction of sp³-hybridized carbons (Fsp3) is 0.200. The average molecular weight is 404 g/mol. The van der Waals surface area contributed by atoms with E-state index in [-0.39, 0.29) is 0 Å². The number of benzene rings is 4. The van der Waals surface area contributed by atoms with Gasteiger partial charge < -0.3 is 4.57 Å². The lowest BCUT2D eigenvalue weighted by Gasteiger charge is -2.14. The Bertz CT molecular complexity index is 1370. The van der Waals surface area contributed by atoms with Gasteiger partial charge in [-0.3, -0.25) is 0 Å². The zero-order valence-corrected chi connectivity index (χ0v) is 18.8. The van der Waals surface area contributed by atoms with Crippen molar-refractivity contribution in [3.8, 4) is 22.3 Å². The van der Waals surface area contributed by atoms with Crippen LogP contribution in [0.25, 0.3) is 44.1 Å². The molecule has 1 heterocycles. The molecule has 0 spiro atoms. The molecule has 4 aromatic carbocycles. The second-order valence-corrected chi connectivity index (χ2v) is 9.08. The van der Waals surface area contributed by atoms with E-state index in [9.17, 15) is 0 Å². The molecular formula is C30H29N. The smallest absolute Gasteiger partial charge is 0.0494 e. The molecule has 0 radical (unpaired) electrons. The van der Waals surface area contributed by atoms with Crippen molar-refractivity contribution in [3.05, 3.63) is 96.6 Å². The quantitative estimate of drug-likeness (QED) is 0.282. The standard InChI is InChI=1S/C30H29N/c1-20(2)24-16-25(22-10-6-5-7-11-22)18-26(17-24)23-14-15-30-28(19-23)27-12-8-9-13-29(27)31(30)21(3)4/h5-21H,1-4H3. The van der Waals surface area contributed by atoms with E-state index in [1.165, 1.54) is 49.6 Å². The van der Waals surface area contributed by atoms with Crippen LogP contribution in [0.15, 0.2) is 91.0 Å². The summed E-state index contributed by atoms with van der Waals surface area (Å²) >= 11 is 0. The monoisotopic (exact) mass is 403 g/mol. The first-order valence-corrected chi connectivity index (χ1v) is 11.3. The Morgan fingerprint density at radius 1 is 0.516 bits per heavy atom. The van der Waals surface area contributed by atoms with Crippen LogP contribution in [0.3, 0.4) is 0 Å². The zero-order valence-electron chi connectivity index (χ0n) is 18.8. The van der Waals surface area contributed by atoms with Crippen molar-refractivity contribution < 1.29 is 0 Å². The third-order valence-electron chi connectivity index (χ3n) is 6.29. The van der Waals surface area contributed by atoms with E-state index >= 15 is 0 Å². The number of nitrogens with zero attached hydrogens (tertiary/aromatic N) is 1. The van der Waals surface area contributed by atoms with Crippen LogP contribution in [0.4, 0.5) is 0 Å². The van der Waals surface area contributed by atoms with Crippen LogP contribution in [0, 0.1) is 0 Å². The Hall–Kier alpha value is -3.32. The van der Waals surface area contributed by atoms with Crippen LogP contribution in [0.2, 0.25) is 0 Å². The van der Waals surface area contributed by atoms with Crippen molar-refractivity contribution in [3.63, 3.8) is 0 Å². The lowest BCUT2D eigenvalue weighted by molar-refractivity contribution is 0.642. The van der Waals surface area contributed by atoms with Crippen LogP contribution < -0.4 is 0 Å². The van der Waals surface area contributed by atoms with E-state index in [1.54, 1.807) is 0 Å². The first-order valence-electron chi connectivity index (χ1n) is 11.3. The molecule has 0 atom stereocenters. The van der Waals surface area contributed by atoms with Crippen molar-refractivity contribution in [2.24, 2.45) is 0 Å². The topological polar surface area (TPSA) is 4.93 Å². The predicted molar refractivity (Wildman–Crippen MR) is 135 cm³/mol. The molecule has 0 amide bonds. The summed E-state index contributed by atoms with van der Waals surface area (Å²) in [6, 6.07) is 33.9. The first kappa shape index (κ1) is 19.6. The normalized spacial score (nSPS) is 11.8. The van der Waals surface area contributed by atoms with E-state index in [0.29, 0.717) is 12.0 Å². The Balaban J connectivity index is 1.74. The summed E-state index contributed by atoms with van der Waals surface area (Å²) in [6.07, 6.45) is 0. The van der Waals surface area contributed by atoms with E-state index < -0.39 is 0 Å². The largest absolute Gasteiger partial charge is 0.338 e. The van der Waals surface area contributed by atoms with Gasteiger partial charge in [0.15, 0.2) is 0 Å². The van der Waals surface area contributed by atoms with Gasteiger partial charge in [0.1, 0.15) is 0 Å². The highest BCUT2D eigenvalue weighted by Gasteiger charge is 2.14. The van der Waals surface area contributed by atoms with Crippen LogP contribution in [-0.2, 0) is 0 Å². The first-order chi connectivity index (χ1) is 15.0. The van der Waals surface area contributed by atoms with Gasteiger partial charge in [-0.25, -0.2) is 0 Å². The lowest BCUT2D eigenvalue weighted by atomic mass is 9.91. The van der Waals surface area contributed by atoms with Gasteiger partial charge in [-0.2, -0.15) is 0 Å². The van der Waals surface area contributed by atoms with Gasteiger partial charge in [-0.1, -0.05) is 80.6 Å².